The Bertz CT molecular complexity index is 695. The van der Waals surface area contributed by atoms with Gasteiger partial charge in [0.15, 0.2) is 0 Å². The number of hydrogen-bond acceptors (Lipinski definition) is 4. The molecule has 0 saturated heterocycles. The maximum atomic E-state index is 11.7. The molecule has 2 aromatic rings. The number of aromatic hydroxyl groups is 1. The van der Waals surface area contributed by atoms with E-state index in [9.17, 15) is 9.90 Å². The molecule has 0 aliphatic rings. The molecule has 0 atom stereocenters. The quantitative estimate of drug-likeness (QED) is 0.894. The Balaban J connectivity index is 2.42. The molecule has 0 radical (unpaired) electrons. The van der Waals surface area contributed by atoms with Crippen molar-refractivity contribution in [1.82, 2.24) is 9.47 Å². The van der Waals surface area contributed by atoms with E-state index in [4.69, 9.17) is 0 Å². The van der Waals surface area contributed by atoms with Crippen LogP contribution in [0.3, 0.4) is 0 Å². The number of fused-ring (bicyclic) bond motifs is 1. The summed E-state index contributed by atoms with van der Waals surface area (Å²) >= 11 is 3.49. The van der Waals surface area contributed by atoms with Gasteiger partial charge in [0.2, 0.25) is 5.88 Å². The SMILES string of the molecule is CN(C)CCNc1cc2cc(=O)n(C)c(O)c2cc1Br. The van der Waals surface area contributed by atoms with E-state index in [0.717, 1.165) is 28.6 Å². The molecule has 6 heteroatoms. The molecule has 0 aliphatic carbocycles. The van der Waals surface area contributed by atoms with E-state index in [-0.39, 0.29) is 11.4 Å². The molecule has 0 spiro atoms. The molecule has 0 unspecified atom stereocenters. The second kappa shape index (κ2) is 5.85. The highest BCUT2D eigenvalue weighted by atomic mass is 79.9. The van der Waals surface area contributed by atoms with Crippen LogP contribution in [0.25, 0.3) is 10.8 Å². The van der Waals surface area contributed by atoms with E-state index >= 15 is 0 Å². The van der Waals surface area contributed by atoms with Crippen LogP contribution in [0.15, 0.2) is 27.5 Å². The second-order valence-corrected chi connectivity index (χ2v) is 5.87. The van der Waals surface area contributed by atoms with Gasteiger partial charge in [-0.1, -0.05) is 0 Å². The topological polar surface area (TPSA) is 57.5 Å². The fraction of sp³-hybridized carbons (Fsp3) is 0.357. The van der Waals surface area contributed by atoms with Gasteiger partial charge in [0.25, 0.3) is 5.56 Å². The van der Waals surface area contributed by atoms with Gasteiger partial charge in [-0.2, -0.15) is 0 Å². The third-order valence-corrected chi connectivity index (χ3v) is 3.84. The first-order valence-corrected chi connectivity index (χ1v) is 7.10. The molecule has 0 bridgehead atoms. The van der Waals surface area contributed by atoms with Crippen molar-refractivity contribution in [3.8, 4) is 5.88 Å². The molecule has 0 aliphatic heterocycles. The molecule has 2 N–H and O–H groups in total. The van der Waals surface area contributed by atoms with Crippen LogP contribution in [0.1, 0.15) is 0 Å². The fourth-order valence-electron chi connectivity index (χ4n) is 1.97. The molecular formula is C14H18BrN3O2. The van der Waals surface area contributed by atoms with Crippen molar-refractivity contribution in [2.75, 3.05) is 32.5 Å². The molecule has 5 nitrogen and oxygen atoms in total. The summed E-state index contributed by atoms with van der Waals surface area (Å²) < 4.78 is 2.09. The number of halogens is 1. The van der Waals surface area contributed by atoms with Crippen molar-refractivity contribution in [2.45, 2.75) is 0 Å². The van der Waals surface area contributed by atoms with Gasteiger partial charge in [0, 0.05) is 41.7 Å². The predicted molar refractivity (Wildman–Crippen MR) is 85.6 cm³/mol. The van der Waals surface area contributed by atoms with Crippen molar-refractivity contribution in [2.24, 2.45) is 7.05 Å². The van der Waals surface area contributed by atoms with Crippen molar-refractivity contribution >= 4 is 32.4 Å². The highest BCUT2D eigenvalue weighted by Crippen LogP contribution is 2.31. The zero-order chi connectivity index (χ0) is 14.9. The third-order valence-electron chi connectivity index (χ3n) is 3.18. The van der Waals surface area contributed by atoms with Crippen LogP contribution in [0.5, 0.6) is 5.88 Å². The first kappa shape index (κ1) is 14.9. The lowest BCUT2D eigenvalue weighted by Crippen LogP contribution is -2.21. The van der Waals surface area contributed by atoms with Crippen LogP contribution in [0.4, 0.5) is 5.69 Å². The maximum Gasteiger partial charge on any atom is 0.253 e. The summed E-state index contributed by atoms with van der Waals surface area (Å²) in [6, 6.07) is 5.22. The van der Waals surface area contributed by atoms with E-state index < -0.39 is 0 Å². The number of anilines is 1. The molecule has 20 heavy (non-hydrogen) atoms. The largest absolute Gasteiger partial charge is 0.494 e. The van der Waals surface area contributed by atoms with E-state index in [0.29, 0.717) is 5.39 Å². The second-order valence-electron chi connectivity index (χ2n) is 5.01. The van der Waals surface area contributed by atoms with Gasteiger partial charge in [-0.25, -0.2) is 0 Å². The summed E-state index contributed by atoms with van der Waals surface area (Å²) in [5.41, 5.74) is 0.684. The third kappa shape index (κ3) is 2.96. The van der Waals surface area contributed by atoms with E-state index in [1.165, 1.54) is 10.6 Å². The number of nitrogens with zero attached hydrogens (tertiary/aromatic N) is 2. The standard InChI is InChI=1S/C14H18BrN3O2/c1-17(2)5-4-16-12-6-9-7-13(19)18(3)14(20)10(9)8-11(12)15/h6-8,16,20H,4-5H2,1-3H3. The van der Waals surface area contributed by atoms with Gasteiger partial charge in [0.05, 0.1) is 0 Å². The molecule has 2 rings (SSSR count). The minimum absolute atomic E-state index is 0.0203. The number of aromatic nitrogens is 1. The minimum Gasteiger partial charge on any atom is -0.494 e. The number of hydrogen-bond donors (Lipinski definition) is 2. The highest BCUT2D eigenvalue weighted by Gasteiger charge is 2.09. The van der Waals surface area contributed by atoms with E-state index in [1.807, 2.05) is 26.2 Å². The lowest BCUT2D eigenvalue weighted by atomic mass is 10.1. The first-order chi connectivity index (χ1) is 9.40. The van der Waals surface area contributed by atoms with Gasteiger partial charge < -0.3 is 15.3 Å². The van der Waals surface area contributed by atoms with Crippen molar-refractivity contribution in [3.05, 3.63) is 33.0 Å². The molecule has 1 aromatic heterocycles. The summed E-state index contributed by atoms with van der Waals surface area (Å²) in [4.78, 5) is 13.8. The number of benzene rings is 1. The molecule has 0 amide bonds. The summed E-state index contributed by atoms with van der Waals surface area (Å²) in [5.74, 6) is -0.0203. The number of likely N-dealkylation sites (N-methyl/N-ethyl adjacent to an activating group) is 1. The number of nitrogens with one attached hydrogen (secondary N) is 1. The number of pyridine rings is 1. The van der Waals surface area contributed by atoms with Gasteiger partial charge in [-0.05, 0) is 47.5 Å². The smallest absolute Gasteiger partial charge is 0.253 e. The Labute approximate surface area is 126 Å². The van der Waals surface area contributed by atoms with Crippen LogP contribution in [0, 0.1) is 0 Å². The lowest BCUT2D eigenvalue weighted by Gasteiger charge is -2.14. The summed E-state index contributed by atoms with van der Waals surface area (Å²) in [7, 11) is 5.58. The molecule has 1 heterocycles. The summed E-state index contributed by atoms with van der Waals surface area (Å²) in [6.45, 7) is 1.71. The first-order valence-electron chi connectivity index (χ1n) is 6.31. The average Bonchev–Trinajstić information content (AvgIpc) is 2.38. The highest BCUT2D eigenvalue weighted by molar-refractivity contribution is 9.10. The van der Waals surface area contributed by atoms with Crippen LogP contribution < -0.4 is 10.9 Å². The van der Waals surface area contributed by atoms with Crippen molar-refractivity contribution in [3.63, 3.8) is 0 Å². The summed E-state index contributed by atoms with van der Waals surface area (Å²) in [6.07, 6.45) is 0. The zero-order valence-corrected chi connectivity index (χ0v) is 13.4. The monoisotopic (exact) mass is 339 g/mol. The van der Waals surface area contributed by atoms with Crippen molar-refractivity contribution in [1.29, 1.82) is 0 Å². The average molecular weight is 340 g/mol. The van der Waals surface area contributed by atoms with Gasteiger partial charge >= 0.3 is 0 Å². The Morgan fingerprint density at radius 1 is 1.35 bits per heavy atom. The maximum absolute atomic E-state index is 11.7. The summed E-state index contributed by atoms with van der Waals surface area (Å²) in [5, 5.41) is 14.7. The molecule has 108 valence electrons. The zero-order valence-electron chi connectivity index (χ0n) is 11.8. The van der Waals surface area contributed by atoms with Crippen LogP contribution in [-0.4, -0.2) is 41.8 Å². The Morgan fingerprint density at radius 2 is 2.05 bits per heavy atom. The Kier molecular flexibility index (Phi) is 4.35. The van der Waals surface area contributed by atoms with E-state index in [1.54, 1.807) is 7.05 Å². The number of rotatable bonds is 4. The Hall–Kier alpha value is -1.53. The Morgan fingerprint density at radius 3 is 2.70 bits per heavy atom. The van der Waals surface area contributed by atoms with Crippen LogP contribution in [0.2, 0.25) is 0 Å². The predicted octanol–water partition coefficient (Wildman–Crippen LogP) is 1.98. The van der Waals surface area contributed by atoms with E-state index in [2.05, 4.69) is 26.1 Å². The van der Waals surface area contributed by atoms with Gasteiger partial charge in [0.1, 0.15) is 0 Å². The molecule has 0 saturated carbocycles. The normalized spacial score (nSPS) is 11.2. The lowest BCUT2D eigenvalue weighted by molar-refractivity contribution is 0.425. The fourth-order valence-corrected chi connectivity index (χ4v) is 2.45. The van der Waals surface area contributed by atoms with Gasteiger partial charge in [-0.3, -0.25) is 9.36 Å². The van der Waals surface area contributed by atoms with Crippen LogP contribution in [-0.2, 0) is 7.05 Å². The minimum atomic E-state index is -0.225. The van der Waals surface area contributed by atoms with Crippen molar-refractivity contribution < 1.29 is 5.11 Å². The molecule has 0 fully saturated rings. The molecule has 1 aromatic carbocycles. The van der Waals surface area contributed by atoms with Crippen LogP contribution >= 0.6 is 15.9 Å². The van der Waals surface area contributed by atoms with Gasteiger partial charge in [-0.15, -0.1) is 0 Å². The molecular weight excluding hydrogens is 322 g/mol.